The molecule has 1 saturated heterocycles. The van der Waals surface area contributed by atoms with Crippen molar-refractivity contribution >= 4 is 0 Å². The van der Waals surface area contributed by atoms with Crippen LogP contribution in [0.2, 0.25) is 0 Å². The van der Waals surface area contributed by atoms with E-state index in [9.17, 15) is 10.2 Å². The molecule has 0 aliphatic carbocycles. The van der Waals surface area contributed by atoms with Crippen LogP contribution in [0.3, 0.4) is 0 Å². The van der Waals surface area contributed by atoms with Gasteiger partial charge < -0.3 is 30.3 Å². The van der Waals surface area contributed by atoms with Crippen molar-refractivity contribution in [1.29, 1.82) is 0 Å². The monoisotopic (exact) mass is 194 g/mol. The summed E-state index contributed by atoms with van der Waals surface area (Å²) in [5.74, 6) is 0. The van der Waals surface area contributed by atoms with Crippen LogP contribution < -0.4 is 0 Å². The Kier molecular flexibility index (Phi) is 3.60. The van der Waals surface area contributed by atoms with Gasteiger partial charge in [-0.3, -0.25) is 0 Å². The maximum absolute atomic E-state index is 9.30. The lowest BCUT2D eigenvalue weighted by Gasteiger charge is -2.36. The molecular formula is C7H14O6. The van der Waals surface area contributed by atoms with Crippen molar-refractivity contribution < 1.29 is 30.3 Å². The first-order valence-corrected chi connectivity index (χ1v) is 4.02. The minimum atomic E-state index is -1.38. The molecule has 0 saturated carbocycles. The van der Waals surface area contributed by atoms with E-state index in [0.717, 1.165) is 0 Å². The SMILES string of the molecule is OC[C@@H](O)C1OCC(O)C(O)C1O. The van der Waals surface area contributed by atoms with Crippen LogP contribution in [0.4, 0.5) is 0 Å². The minimum Gasteiger partial charge on any atom is -0.394 e. The molecule has 13 heavy (non-hydrogen) atoms. The normalized spacial score (nSPS) is 43.2. The van der Waals surface area contributed by atoms with Gasteiger partial charge >= 0.3 is 0 Å². The second-order valence-electron chi connectivity index (χ2n) is 3.10. The molecule has 1 heterocycles. The first-order chi connectivity index (χ1) is 6.07. The van der Waals surface area contributed by atoms with Gasteiger partial charge in [-0.15, -0.1) is 0 Å². The largest absolute Gasteiger partial charge is 0.394 e. The second kappa shape index (κ2) is 4.32. The predicted molar refractivity (Wildman–Crippen MR) is 40.9 cm³/mol. The molecule has 78 valence electrons. The quantitative estimate of drug-likeness (QED) is 0.317. The third-order valence-corrected chi connectivity index (χ3v) is 2.11. The summed E-state index contributed by atoms with van der Waals surface area (Å²) >= 11 is 0. The van der Waals surface area contributed by atoms with Crippen molar-refractivity contribution in [3.05, 3.63) is 0 Å². The van der Waals surface area contributed by atoms with Crippen LogP contribution in [0.25, 0.3) is 0 Å². The molecule has 6 heteroatoms. The second-order valence-corrected chi connectivity index (χ2v) is 3.10. The summed E-state index contributed by atoms with van der Waals surface area (Å²) in [4.78, 5) is 0. The molecule has 0 aromatic carbocycles. The van der Waals surface area contributed by atoms with Gasteiger partial charge in [-0.05, 0) is 0 Å². The maximum atomic E-state index is 9.30. The molecule has 0 amide bonds. The Labute approximate surface area is 75.0 Å². The summed E-state index contributed by atoms with van der Waals surface area (Å²) in [5, 5.41) is 45.2. The lowest BCUT2D eigenvalue weighted by Crippen LogP contribution is -2.57. The van der Waals surface area contributed by atoms with Gasteiger partial charge in [0.05, 0.1) is 13.2 Å². The zero-order chi connectivity index (χ0) is 10.0. The van der Waals surface area contributed by atoms with Gasteiger partial charge in [0.1, 0.15) is 30.5 Å². The van der Waals surface area contributed by atoms with Crippen LogP contribution in [0.5, 0.6) is 0 Å². The van der Waals surface area contributed by atoms with Gasteiger partial charge in [0, 0.05) is 0 Å². The van der Waals surface area contributed by atoms with Crippen LogP contribution in [-0.4, -0.2) is 69.3 Å². The van der Waals surface area contributed by atoms with Crippen LogP contribution >= 0.6 is 0 Å². The lowest BCUT2D eigenvalue weighted by atomic mass is 9.97. The van der Waals surface area contributed by atoms with Crippen molar-refractivity contribution in [3.63, 3.8) is 0 Å². The van der Waals surface area contributed by atoms with Gasteiger partial charge in [-0.2, -0.15) is 0 Å². The van der Waals surface area contributed by atoms with Gasteiger partial charge in [-0.1, -0.05) is 0 Å². The predicted octanol–water partition coefficient (Wildman–Crippen LogP) is -3.18. The fourth-order valence-electron chi connectivity index (χ4n) is 1.27. The number of aliphatic hydroxyl groups is 5. The van der Waals surface area contributed by atoms with E-state index in [4.69, 9.17) is 20.1 Å². The van der Waals surface area contributed by atoms with Crippen molar-refractivity contribution in [1.82, 2.24) is 0 Å². The zero-order valence-corrected chi connectivity index (χ0v) is 6.95. The smallest absolute Gasteiger partial charge is 0.114 e. The Hall–Kier alpha value is -0.240. The summed E-state index contributed by atoms with van der Waals surface area (Å²) in [5.41, 5.74) is 0. The number of hydrogen-bond donors (Lipinski definition) is 5. The number of hydrogen-bond acceptors (Lipinski definition) is 6. The Morgan fingerprint density at radius 1 is 1.23 bits per heavy atom. The van der Waals surface area contributed by atoms with Gasteiger partial charge in [0.2, 0.25) is 0 Å². The van der Waals surface area contributed by atoms with Gasteiger partial charge in [0.15, 0.2) is 0 Å². The molecule has 1 rings (SSSR count). The van der Waals surface area contributed by atoms with Crippen LogP contribution in [-0.2, 0) is 4.74 Å². The molecule has 4 unspecified atom stereocenters. The van der Waals surface area contributed by atoms with Crippen molar-refractivity contribution in [2.24, 2.45) is 0 Å². The summed E-state index contributed by atoms with van der Waals surface area (Å²) < 4.78 is 4.86. The Bertz CT molecular complexity index is 163. The summed E-state index contributed by atoms with van der Waals surface area (Å²) in [6, 6.07) is 0. The average molecular weight is 194 g/mol. The van der Waals surface area contributed by atoms with E-state index in [0.29, 0.717) is 0 Å². The Morgan fingerprint density at radius 2 is 1.85 bits per heavy atom. The maximum Gasteiger partial charge on any atom is 0.114 e. The van der Waals surface area contributed by atoms with E-state index in [1.807, 2.05) is 0 Å². The highest BCUT2D eigenvalue weighted by atomic mass is 16.5. The third-order valence-electron chi connectivity index (χ3n) is 2.11. The Balaban J connectivity index is 2.58. The molecule has 5 N–H and O–H groups in total. The minimum absolute atomic E-state index is 0.167. The van der Waals surface area contributed by atoms with Crippen LogP contribution in [0.1, 0.15) is 0 Å². The van der Waals surface area contributed by atoms with Crippen LogP contribution in [0.15, 0.2) is 0 Å². The van der Waals surface area contributed by atoms with Gasteiger partial charge in [0.25, 0.3) is 0 Å². The highest BCUT2D eigenvalue weighted by Gasteiger charge is 2.40. The fourth-order valence-corrected chi connectivity index (χ4v) is 1.27. The lowest BCUT2D eigenvalue weighted by molar-refractivity contribution is -0.214. The highest BCUT2D eigenvalue weighted by molar-refractivity contribution is 4.89. The zero-order valence-electron chi connectivity index (χ0n) is 6.95. The fraction of sp³-hybridized carbons (Fsp3) is 1.00. The summed E-state index contributed by atoms with van der Waals surface area (Å²) in [7, 11) is 0. The topological polar surface area (TPSA) is 110 Å². The van der Waals surface area contributed by atoms with Crippen molar-refractivity contribution in [3.8, 4) is 0 Å². The molecule has 1 aliphatic heterocycles. The van der Waals surface area contributed by atoms with E-state index in [1.54, 1.807) is 0 Å². The standard InChI is InChI=1S/C7H14O6/c8-1-3(9)7-6(12)5(11)4(10)2-13-7/h3-12H,1-2H2/t3-,4?,5?,6?,7?/m1/s1. The Morgan fingerprint density at radius 3 is 2.38 bits per heavy atom. The molecule has 6 nitrogen and oxygen atoms in total. The van der Waals surface area contributed by atoms with E-state index in [-0.39, 0.29) is 6.61 Å². The molecule has 1 fully saturated rings. The van der Waals surface area contributed by atoms with Crippen molar-refractivity contribution in [2.75, 3.05) is 13.2 Å². The molecule has 0 aromatic rings. The molecule has 0 radical (unpaired) electrons. The molecule has 0 aromatic heterocycles. The molecule has 0 bridgehead atoms. The summed E-state index contributed by atoms with van der Waals surface area (Å²) in [6.45, 7) is -0.732. The number of ether oxygens (including phenoxy) is 1. The number of rotatable bonds is 2. The molecular weight excluding hydrogens is 180 g/mol. The third kappa shape index (κ3) is 2.16. The summed E-state index contributed by atoms with van der Waals surface area (Å²) in [6.07, 6.45) is -6.19. The van der Waals surface area contributed by atoms with Crippen LogP contribution in [0, 0.1) is 0 Å². The highest BCUT2D eigenvalue weighted by Crippen LogP contribution is 2.17. The van der Waals surface area contributed by atoms with E-state index in [1.165, 1.54) is 0 Å². The first-order valence-electron chi connectivity index (χ1n) is 4.02. The van der Waals surface area contributed by atoms with Gasteiger partial charge in [-0.25, -0.2) is 0 Å². The average Bonchev–Trinajstić information content (AvgIpc) is 2.13. The first kappa shape index (κ1) is 10.8. The molecule has 5 atom stereocenters. The molecule has 0 spiro atoms. The van der Waals surface area contributed by atoms with E-state index >= 15 is 0 Å². The van der Waals surface area contributed by atoms with E-state index < -0.39 is 37.1 Å². The number of aliphatic hydroxyl groups excluding tert-OH is 5. The molecule has 1 aliphatic rings. The van der Waals surface area contributed by atoms with Crippen molar-refractivity contribution in [2.45, 2.75) is 30.5 Å². The van der Waals surface area contributed by atoms with E-state index in [2.05, 4.69) is 0 Å².